The number of carbonyl (C=O) groups is 3. The maximum atomic E-state index is 12.1. The summed E-state index contributed by atoms with van der Waals surface area (Å²) in [6.07, 6.45) is 1.67. The van der Waals surface area contributed by atoms with Gasteiger partial charge in [0.1, 0.15) is 0 Å². The molecule has 2 amide bonds. The van der Waals surface area contributed by atoms with Gasteiger partial charge in [0.05, 0.1) is 6.26 Å². The molecule has 0 bridgehead atoms. The van der Waals surface area contributed by atoms with Crippen LogP contribution in [-0.4, -0.2) is 17.6 Å². The largest absolute Gasteiger partial charge is 0.459 e. The minimum absolute atomic E-state index is 0.0638. The lowest BCUT2D eigenvalue weighted by molar-refractivity contribution is -0.116. The minimum Gasteiger partial charge on any atom is -0.459 e. The fourth-order valence-electron chi connectivity index (χ4n) is 2.57. The van der Waals surface area contributed by atoms with Crippen LogP contribution >= 0.6 is 0 Å². The van der Waals surface area contributed by atoms with Crippen molar-refractivity contribution in [2.24, 2.45) is 0 Å². The third kappa shape index (κ3) is 5.17. The van der Waals surface area contributed by atoms with Crippen molar-refractivity contribution < 1.29 is 18.8 Å². The van der Waals surface area contributed by atoms with E-state index in [0.717, 1.165) is 5.56 Å². The Morgan fingerprint density at radius 3 is 2.07 bits per heavy atom. The normalized spacial score (nSPS) is 10.3. The van der Waals surface area contributed by atoms with E-state index in [1.54, 1.807) is 48.5 Å². The van der Waals surface area contributed by atoms with Crippen LogP contribution in [0.15, 0.2) is 71.3 Å². The lowest BCUT2D eigenvalue weighted by atomic mass is 10.0. The molecule has 28 heavy (non-hydrogen) atoms. The van der Waals surface area contributed by atoms with Crippen LogP contribution < -0.4 is 10.6 Å². The van der Waals surface area contributed by atoms with Gasteiger partial charge in [0.25, 0.3) is 5.91 Å². The number of carbonyl (C=O) groups excluding carboxylic acids is 3. The Kier molecular flexibility index (Phi) is 6.01. The Hall–Kier alpha value is -3.67. The first-order chi connectivity index (χ1) is 13.5. The molecule has 0 radical (unpaired) electrons. The molecule has 0 aliphatic rings. The van der Waals surface area contributed by atoms with E-state index in [2.05, 4.69) is 10.6 Å². The lowest BCUT2D eigenvalue weighted by Crippen LogP contribution is -2.14. The standard InChI is InChI=1S/C22H20N2O4/c1-15-4-6-16(7-5-15)19(25)12-13-21(26)23-17-8-10-18(11-9-17)24-22(27)20-3-2-14-28-20/h2-11,14H,12-13H2,1H3,(H,23,26)(H,24,27). The van der Waals surface area contributed by atoms with Gasteiger partial charge in [-0.15, -0.1) is 0 Å². The zero-order chi connectivity index (χ0) is 19.9. The van der Waals surface area contributed by atoms with Crippen molar-refractivity contribution in [2.75, 3.05) is 10.6 Å². The molecule has 3 rings (SSSR count). The van der Waals surface area contributed by atoms with Crippen molar-refractivity contribution in [3.8, 4) is 0 Å². The van der Waals surface area contributed by atoms with Crippen LogP contribution in [0.25, 0.3) is 0 Å². The van der Waals surface area contributed by atoms with Crippen molar-refractivity contribution in [1.29, 1.82) is 0 Å². The highest BCUT2D eigenvalue weighted by Gasteiger charge is 2.11. The van der Waals surface area contributed by atoms with Crippen LogP contribution in [0.3, 0.4) is 0 Å². The van der Waals surface area contributed by atoms with Crippen LogP contribution in [0.2, 0.25) is 0 Å². The second-order valence-electron chi connectivity index (χ2n) is 6.35. The molecule has 2 N–H and O–H groups in total. The number of furan rings is 1. The van der Waals surface area contributed by atoms with Crippen LogP contribution in [-0.2, 0) is 4.79 Å². The topological polar surface area (TPSA) is 88.4 Å². The van der Waals surface area contributed by atoms with Crippen molar-refractivity contribution in [3.05, 3.63) is 83.8 Å². The van der Waals surface area contributed by atoms with Gasteiger partial charge in [0.15, 0.2) is 11.5 Å². The summed E-state index contributed by atoms with van der Waals surface area (Å²) >= 11 is 0. The van der Waals surface area contributed by atoms with Crippen LogP contribution in [0, 0.1) is 6.92 Å². The van der Waals surface area contributed by atoms with Crippen LogP contribution in [0.1, 0.15) is 39.3 Å². The number of aryl methyl sites for hydroxylation is 1. The molecule has 142 valence electrons. The van der Waals surface area contributed by atoms with E-state index in [9.17, 15) is 14.4 Å². The Bertz CT molecular complexity index is 959. The number of ketones is 1. The molecular formula is C22H20N2O4. The molecule has 0 aliphatic carbocycles. The van der Waals surface area contributed by atoms with E-state index in [-0.39, 0.29) is 36.2 Å². The first-order valence-electron chi connectivity index (χ1n) is 8.86. The Morgan fingerprint density at radius 2 is 1.46 bits per heavy atom. The molecule has 0 unspecified atom stereocenters. The number of anilines is 2. The zero-order valence-corrected chi connectivity index (χ0v) is 15.4. The number of benzene rings is 2. The van der Waals surface area contributed by atoms with E-state index >= 15 is 0 Å². The summed E-state index contributed by atoms with van der Waals surface area (Å²) in [4.78, 5) is 36.1. The molecule has 0 aliphatic heterocycles. The average molecular weight is 376 g/mol. The quantitative estimate of drug-likeness (QED) is 0.597. The van der Waals surface area contributed by atoms with Gasteiger partial charge >= 0.3 is 0 Å². The summed E-state index contributed by atoms with van der Waals surface area (Å²) in [5, 5.41) is 5.44. The average Bonchev–Trinajstić information content (AvgIpc) is 3.23. The summed E-state index contributed by atoms with van der Waals surface area (Å²) in [7, 11) is 0. The van der Waals surface area contributed by atoms with Gasteiger partial charge in [-0.25, -0.2) is 0 Å². The lowest BCUT2D eigenvalue weighted by Gasteiger charge is -2.07. The highest BCUT2D eigenvalue weighted by Crippen LogP contribution is 2.16. The molecule has 2 aromatic carbocycles. The summed E-state index contributed by atoms with van der Waals surface area (Å²) < 4.78 is 5.03. The molecule has 1 aromatic heterocycles. The monoisotopic (exact) mass is 376 g/mol. The molecule has 6 heteroatoms. The highest BCUT2D eigenvalue weighted by molar-refractivity contribution is 6.02. The maximum absolute atomic E-state index is 12.1. The third-order valence-electron chi connectivity index (χ3n) is 4.12. The second kappa shape index (κ2) is 8.81. The maximum Gasteiger partial charge on any atom is 0.291 e. The van der Waals surface area contributed by atoms with Gasteiger partial charge in [-0.05, 0) is 43.3 Å². The molecule has 3 aromatic rings. The molecule has 0 saturated heterocycles. The summed E-state index contributed by atoms with van der Waals surface area (Å²) in [6, 6.07) is 17.2. The molecule has 0 saturated carbocycles. The SMILES string of the molecule is Cc1ccc(C(=O)CCC(=O)Nc2ccc(NC(=O)c3ccco3)cc2)cc1. The van der Waals surface area contributed by atoms with Gasteiger partial charge in [-0.2, -0.15) is 0 Å². The van der Waals surface area contributed by atoms with Gasteiger partial charge < -0.3 is 15.1 Å². The number of hydrogen-bond donors (Lipinski definition) is 2. The Labute approximate surface area is 162 Å². The van der Waals surface area contributed by atoms with Crippen molar-refractivity contribution in [1.82, 2.24) is 0 Å². The van der Waals surface area contributed by atoms with Gasteiger partial charge in [-0.1, -0.05) is 29.8 Å². The fourth-order valence-corrected chi connectivity index (χ4v) is 2.57. The van der Waals surface area contributed by atoms with Crippen LogP contribution in [0.4, 0.5) is 11.4 Å². The number of Topliss-reactive ketones (excluding diaryl/α,β-unsaturated/α-hetero) is 1. The number of rotatable bonds is 7. The van der Waals surface area contributed by atoms with Crippen molar-refractivity contribution in [2.45, 2.75) is 19.8 Å². The smallest absolute Gasteiger partial charge is 0.291 e. The predicted octanol–water partition coefficient (Wildman–Crippen LogP) is 4.44. The van der Waals surface area contributed by atoms with Crippen molar-refractivity contribution in [3.63, 3.8) is 0 Å². The van der Waals surface area contributed by atoms with E-state index in [1.807, 2.05) is 19.1 Å². The first kappa shape index (κ1) is 19.1. The number of hydrogen-bond acceptors (Lipinski definition) is 4. The zero-order valence-electron chi connectivity index (χ0n) is 15.4. The van der Waals surface area contributed by atoms with E-state index < -0.39 is 0 Å². The van der Waals surface area contributed by atoms with Gasteiger partial charge in [0, 0.05) is 29.8 Å². The number of nitrogens with one attached hydrogen (secondary N) is 2. The van der Waals surface area contributed by atoms with Crippen molar-refractivity contribution >= 4 is 29.0 Å². The summed E-state index contributed by atoms with van der Waals surface area (Å²) in [6.45, 7) is 1.95. The van der Waals surface area contributed by atoms with Crippen LogP contribution in [0.5, 0.6) is 0 Å². The molecule has 0 fully saturated rings. The summed E-state index contributed by atoms with van der Waals surface area (Å²) in [5.74, 6) is -0.439. The minimum atomic E-state index is -0.351. The van der Waals surface area contributed by atoms with E-state index in [1.165, 1.54) is 6.26 Å². The fraction of sp³-hybridized carbons (Fsp3) is 0.136. The second-order valence-corrected chi connectivity index (χ2v) is 6.35. The third-order valence-corrected chi connectivity index (χ3v) is 4.12. The van der Waals surface area contributed by atoms with E-state index in [4.69, 9.17) is 4.42 Å². The summed E-state index contributed by atoms with van der Waals surface area (Å²) in [5.41, 5.74) is 2.85. The Morgan fingerprint density at radius 1 is 0.821 bits per heavy atom. The van der Waals surface area contributed by atoms with Gasteiger partial charge in [-0.3, -0.25) is 14.4 Å². The van der Waals surface area contributed by atoms with E-state index in [0.29, 0.717) is 16.9 Å². The first-order valence-corrected chi connectivity index (χ1v) is 8.86. The molecular weight excluding hydrogens is 356 g/mol. The molecule has 6 nitrogen and oxygen atoms in total. The predicted molar refractivity (Wildman–Crippen MR) is 106 cm³/mol. The Balaban J connectivity index is 1.48. The molecule has 0 atom stereocenters. The molecule has 0 spiro atoms. The number of amides is 2. The highest BCUT2D eigenvalue weighted by atomic mass is 16.3. The van der Waals surface area contributed by atoms with Gasteiger partial charge in [0.2, 0.25) is 5.91 Å². The molecule has 1 heterocycles.